The Morgan fingerprint density at radius 2 is 2.22 bits per heavy atom. The van der Waals surface area contributed by atoms with Crippen LogP contribution in [0.25, 0.3) is 0 Å². The molecule has 4 heteroatoms. The maximum atomic E-state index is 12.2. The molecule has 0 spiro atoms. The van der Waals surface area contributed by atoms with Crippen molar-refractivity contribution < 1.29 is 9.53 Å². The van der Waals surface area contributed by atoms with Gasteiger partial charge in [-0.3, -0.25) is 4.79 Å². The zero-order chi connectivity index (χ0) is 13.0. The lowest BCUT2D eigenvalue weighted by Crippen LogP contribution is -2.51. The zero-order valence-electron chi connectivity index (χ0n) is 10.7. The number of hydrogen-bond acceptors (Lipinski definition) is 3. The van der Waals surface area contributed by atoms with Crippen LogP contribution in [0.15, 0.2) is 30.3 Å². The lowest BCUT2D eigenvalue weighted by atomic mass is 10.1. The summed E-state index contributed by atoms with van der Waals surface area (Å²) in [5.41, 5.74) is 7.09. The second kappa shape index (κ2) is 5.98. The summed E-state index contributed by atoms with van der Waals surface area (Å²) in [5.74, 6) is 0.0222. The summed E-state index contributed by atoms with van der Waals surface area (Å²) in [7, 11) is 0. The highest BCUT2D eigenvalue weighted by molar-refractivity contribution is 5.82. The first kappa shape index (κ1) is 13.1. The third-order valence-electron chi connectivity index (χ3n) is 3.17. The minimum Gasteiger partial charge on any atom is -0.375 e. The van der Waals surface area contributed by atoms with Gasteiger partial charge in [-0.05, 0) is 18.9 Å². The van der Waals surface area contributed by atoms with Gasteiger partial charge in [0.05, 0.1) is 18.8 Å². The smallest absolute Gasteiger partial charge is 0.239 e. The molecule has 0 radical (unpaired) electrons. The van der Waals surface area contributed by atoms with Crippen LogP contribution in [-0.2, 0) is 16.0 Å². The summed E-state index contributed by atoms with van der Waals surface area (Å²) < 4.78 is 5.42. The fraction of sp³-hybridized carbons (Fsp3) is 0.500. The van der Waals surface area contributed by atoms with Crippen molar-refractivity contribution in [1.29, 1.82) is 0 Å². The van der Waals surface area contributed by atoms with Crippen LogP contribution >= 0.6 is 0 Å². The molecule has 1 aliphatic heterocycles. The van der Waals surface area contributed by atoms with Crippen molar-refractivity contribution in [2.45, 2.75) is 25.5 Å². The van der Waals surface area contributed by atoms with Crippen molar-refractivity contribution in [2.75, 3.05) is 19.7 Å². The van der Waals surface area contributed by atoms with Gasteiger partial charge in [0.15, 0.2) is 0 Å². The van der Waals surface area contributed by atoms with Gasteiger partial charge in [0.25, 0.3) is 0 Å². The van der Waals surface area contributed by atoms with Crippen LogP contribution in [0.2, 0.25) is 0 Å². The standard InChI is InChI=1S/C14H20N2O2/c1-11-10-16(7-8-18-11)14(17)13(15)9-12-5-3-2-4-6-12/h2-6,11,13H,7-10,15H2,1H3/t11?,13-/m1/s1. The van der Waals surface area contributed by atoms with Gasteiger partial charge >= 0.3 is 0 Å². The number of hydrogen-bond donors (Lipinski definition) is 1. The molecule has 1 aromatic rings. The van der Waals surface area contributed by atoms with Gasteiger partial charge in [-0.2, -0.15) is 0 Å². The van der Waals surface area contributed by atoms with E-state index < -0.39 is 6.04 Å². The molecule has 1 heterocycles. The monoisotopic (exact) mass is 248 g/mol. The SMILES string of the molecule is CC1CN(C(=O)[C@H](N)Cc2ccccc2)CCO1. The molecule has 98 valence electrons. The maximum Gasteiger partial charge on any atom is 0.239 e. The van der Waals surface area contributed by atoms with E-state index in [0.29, 0.717) is 26.1 Å². The van der Waals surface area contributed by atoms with Gasteiger partial charge in [-0.1, -0.05) is 30.3 Å². The summed E-state index contributed by atoms with van der Waals surface area (Å²) in [5, 5.41) is 0. The molecule has 1 unspecified atom stereocenters. The van der Waals surface area contributed by atoms with Crippen LogP contribution in [-0.4, -0.2) is 42.6 Å². The minimum absolute atomic E-state index is 0.0222. The molecule has 2 rings (SSSR count). The Kier molecular flexibility index (Phi) is 4.33. The topological polar surface area (TPSA) is 55.6 Å². The molecule has 1 amide bonds. The summed E-state index contributed by atoms with van der Waals surface area (Å²) in [6, 6.07) is 9.41. The molecule has 1 aromatic carbocycles. The van der Waals surface area contributed by atoms with Gasteiger partial charge in [0.1, 0.15) is 0 Å². The number of benzene rings is 1. The van der Waals surface area contributed by atoms with Crippen LogP contribution in [0, 0.1) is 0 Å². The molecule has 4 nitrogen and oxygen atoms in total. The van der Waals surface area contributed by atoms with E-state index in [1.807, 2.05) is 42.2 Å². The fourth-order valence-electron chi connectivity index (χ4n) is 2.21. The zero-order valence-corrected chi connectivity index (χ0v) is 10.7. The highest BCUT2D eigenvalue weighted by Crippen LogP contribution is 2.08. The summed E-state index contributed by atoms with van der Waals surface area (Å²) in [6.45, 7) is 3.86. The van der Waals surface area contributed by atoms with Crippen LogP contribution in [0.5, 0.6) is 0 Å². The summed E-state index contributed by atoms with van der Waals surface area (Å²) in [6.07, 6.45) is 0.692. The molecule has 0 saturated carbocycles. The first-order chi connectivity index (χ1) is 8.66. The number of amides is 1. The minimum atomic E-state index is -0.460. The fourth-order valence-corrected chi connectivity index (χ4v) is 2.21. The van der Waals surface area contributed by atoms with Gasteiger partial charge in [-0.25, -0.2) is 0 Å². The Balaban J connectivity index is 1.92. The van der Waals surface area contributed by atoms with Crippen LogP contribution in [0.1, 0.15) is 12.5 Å². The lowest BCUT2D eigenvalue weighted by molar-refractivity contribution is -0.139. The number of rotatable bonds is 3. The van der Waals surface area contributed by atoms with Crippen LogP contribution < -0.4 is 5.73 Å². The van der Waals surface area contributed by atoms with Crippen molar-refractivity contribution in [1.82, 2.24) is 4.90 Å². The number of ether oxygens (including phenoxy) is 1. The molecule has 0 bridgehead atoms. The highest BCUT2D eigenvalue weighted by Gasteiger charge is 2.25. The number of carbonyl (C=O) groups is 1. The van der Waals surface area contributed by atoms with Gasteiger partial charge in [-0.15, -0.1) is 0 Å². The average Bonchev–Trinajstić information content (AvgIpc) is 2.39. The summed E-state index contributed by atoms with van der Waals surface area (Å²) in [4.78, 5) is 14.0. The summed E-state index contributed by atoms with van der Waals surface area (Å²) >= 11 is 0. The maximum absolute atomic E-state index is 12.2. The van der Waals surface area contributed by atoms with Crippen molar-refractivity contribution >= 4 is 5.91 Å². The quantitative estimate of drug-likeness (QED) is 0.861. The highest BCUT2D eigenvalue weighted by atomic mass is 16.5. The molecule has 2 N–H and O–H groups in total. The first-order valence-corrected chi connectivity index (χ1v) is 6.36. The van der Waals surface area contributed by atoms with Crippen LogP contribution in [0.4, 0.5) is 0 Å². The Labute approximate surface area is 108 Å². The van der Waals surface area contributed by atoms with E-state index in [-0.39, 0.29) is 12.0 Å². The Morgan fingerprint density at radius 1 is 1.50 bits per heavy atom. The molecule has 0 aliphatic carbocycles. The third kappa shape index (κ3) is 3.31. The van der Waals surface area contributed by atoms with E-state index in [9.17, 15) is 4.79 Å². The van der Waals surface area contributed by atoms with E-state index in [4.69, 9.17) is 10.5 Å². The van der Waals surface area contributed by atoms with Crippen molar-refractivity contribution in [2.24, 2.45) is 5.73 Å². The van der Waals surface area contributed by atoms with Crippen LogP contribution in [0.3, 0.4) is 0 Å². The van der Waals surface area contributed by atoms with Gasteiger partial charge in [0.2, 0.25) is 5.91 Å². The van der Waals surface area contributed by atoms with Gasteiger partial charge in [0, 0.05) is 13.1 Å². The second-order valence-corrected chi connectivity index (χ2v) is 4.76. The van der Waals surface area contributed by atoms with E-state index in [1.54, 1.807) is 0 Å². The van der Waals surface area contributed by atoms with Gasteiger partial charge < -0.3 is 15.4 Å². The van der Waals surface area contributed by atoms with E-state index in [0.717, 1.165) is 5.56 Å². The molecule has 18 heavy (non-hydrogen) atoms. The van der Waals surface area contributed by atoms with E-state index in [2.05, 4.69) is 0 Å². The number of morpholine rings is 1. The first-order valence-electron chi connectivity index (χ1n) is 6.36. The molecule has 0 aromatic heterocycles. The molecular formula is C14H20N2O2. The molecule has 1 aliphatic rings. The predicted molar refractivity (Wildman–Crippen MR) is 70.1 cm³/mol. The van der Waals surface area contributed by atoms with E-state index >= 15 is 0 Å². The Bertz CT molecular complexity index is 394. The van der Waals surface area contributed by atoms with E-state index in [1.165, 1.54) is 0 Å². The van der Waals surface area contributed by atoms with Crippen molar-refractivity contribution in [3.05, 3.63) is 35.9 Å². The number of nitrogens with zero attached hydrogens (tertiary/aromatic N) is 1. The molecule has 2 atom stereocenters. The molecule has 1 saturated heterocycles. The average molecular weight is 248 g/mol. The Morgan fingerprint density at radius 3 is 2.89 bits per heavy atom. The Hall–Kier alpha value is -1.39. The molecular weight excluding hydrogens is 228 g/mol. The third-order valence-corrected chi connectivity index (χ3v) is 3.17. The number of carbonyl (C=O) groups excluding carboxylic acids is 1. The normalized spacial score (nSPS) is 21.7. The lowest BCUT2D eigenvalue weighted by Gasteiger charge is -2.32. The van der Waals surface area contributed by atoms with Crippen molar-refractivity contribution in [3.63, 3.8) is 0 Å². The molecule has 1 fully saturated rings. The second-order valence-electron chi connectivity index (χ2n) is 4.76. The largest absolute Gasteiger partial charge is 0.375 e. The predicted octanol–water partition coefficient (Wildman–Crippen LogP) is 0.804. The van der Waals surface area contributed by atoms with Crippen molar-refractivity contribution in [3.8, 4) is 0 Å². The number of nitrogens with two attached hydrogens (primary N) is 1.